The Morgan fingerprint density at radius 2 is 2.21 bits per heavy atom. The SMILES string of the molecule is COc1ccc(OCc2ccoc2C(=O)O)c(Br)c1. The van der Waals surface area contributed by atoms with Crippen molar-refractivity contribution in [1.82, 2.24) is 0 Å². The van der Waals surface area contributed by atoms with E-state index in [2.05, 4.69) is 15.9 Å². The first-order chi connectivity index (χ1) is 9.11. The summed E-state index contributed by atoms with van der Waals surface area (Å²) in [6, 6.07) is 6.83. The van der Waals surface area contributed by atoms with Gasteiger partial charge >= 0.3 is 5.97 Å². The van der Waals surface area contributed by atoms with E-state index in [1.807, 2.05) is 0 Å². The molecule has 0 bridgehead atoms. The number of halogens is 1. The number of methoxy groups -OCH3 is 1. The second-order valence-corrected chi connectivity index (χ2v) is 4.52. The Labute approximate surface area is 117 Å². The van der Waals surface area contributed by atoms with Gasteiger partial charge in [0.15, 0.2) is 0 Å². The van der Waals surface area contributed by atoms with Gasteiger partial charge in [-0.2, -0.15) is 0 Å². The van der Waals surface area contributed by atoms with Crippen molar-refractivity contribution in [3.63, 3.8) is 0 Å². The van der Waals surface area contributed by atoms with Crippen LogP contribution < -0.4 is 9.47 Å². The molecule has 5 nitrogen and oxygen atoms in total. The third-order valence-corrected chi connectivity index (χ3v) is 3.08. The van der Waals surface area contributed by atoms with Crippen LogP contribution in [0.1, 0.15) is 16.1 Å². The second kappa shape index (κ2) is 5.79. The highest BCUT2D eigenvalue weighted by atomic mass is 79.9. The highest BCUT2D eigenvalue weighted by molar-refractivity contribution is 9.10. The van der Waals surface area contributed by atoms with Crippen LogP contribution in [0.5, 0.6) is 11.5 Å². The molecule has 2 aromatic rings. The van der Waals surface area contributed by atoms with Crippen molar-refractivity contribution in [2.75, 3.05) is 7.11 Å². The Balaban J connectivity index is 2.10. The topological polar surface area (TPSA) is 68.9 Å². The third kappa shape index (κ3) is 3.08. The number of aromatic carboxylic acids is 1. The molecule has 0 spiro atoms. The van der Waals surface area contributed by atoms with Gasteiger partial charge in [0.1, 0.15) is 18.1 Å². The molecule has 0 saturated carbocycles. The maximum atomic E-state index is 10.9. The lowest BCUT2D eigenvalue weighted by molar-refractivity contribution is 0.0658. The standard InChI is InChI=1S/C13H11BrO5/c1-17-9-2-3-11(10(14)6-9)19-7-8-4-5-18-12(8)13(15)16/h2-6H,7H2,1H3,(H,15,16). The van der Waals surface area contributed by atoms with E-state index in [0.717, 1.165) is 4.47 Å². The summed E-state index contributed by atoms with van der Waals surface area (Å²) in [5.74, 6) is 0.0779. The Bertz CT molecular complexity index is 590. The number of hydrogen-bond donors (Lipinski definition) is 1. The van der Waals surface area contributed by atoms with Gasteiger partial charge in [0, 0.05) is 5.56 Å². The molecule has 0 aliphatic carbocycles. The minimum Gasteiger partial charge on any atom is -0.497 e. The molecule has 1 heterocycles. The van der Waals surface area contributed by atoms with Crippen molar-refractivity contribution >= 4 is 21.9 Å². The third-order valence-electron chi connectivity index (χ3n) is 2.46. The van der Waals surface area contributed by atoms with Gasteiger partial charge in [-0.1, -0.05) is 0 Å². The molecule has 0 amide bonds. The molecular formula is C13H11BrO5. The molecule has 1 aromatic heterocycles. The summed E-state index contributed by atoms with van der Waals surface area (Å²) in [6.45, 7) is 0.114. The predicted octanol–water partition coefficient (Wildman–Crippen LogP) is 3.33. The first-order valence-corrected chi connectivity index (χ1v) is 6.17. The van der Waals surface area contributed by atoms with Gasteiger partial charge in [0.25, 0.3) is 0 Å². The fourth-order valence-corrected chi connectivity index (χ4v) is 1.99. The van der Waals surface area contributed by atoms with E-state index in [0.29, 0.717) is 17.1 Å². The number of carbonyl (C=O) groups is 1. The lowest BCUT2D eigenvalue weighted by Gasteiger charge is -2.08. The Hall–Kier alpha value is -1.95. The van der Waals surface area contributed by atoms with E-state index in [-0.39, 0.29) is 12.4 Å². The number of carboxylic acids is 1. The molecule has 0 unspecified atom stereocenters. The zero-order valence-electron chi connectivity index (χ0n) is 10.1. The van der Waals surface area contributed by atoms with Gasteiger partial charge in [-0.15, -0.1) is 0 Å². The highest BCUT2D eigenvalue weighted by Gasteiger charge is 2.14. The van der Waals surface area contributed by atoms with Gasteiger partial charge < -0.3 is 19.0 Å². The van der Waals surface area contributed by atoms with Crippen LogP contribution in [0.15, 0.2) is 39.4 Å². The van der Waals surface area contributed by atoms with Crippen molar-refractivity contribution in [1.29, 1.82) is 0 Å². The van der Waals surface area contributed by atoms with E-state index in [4.69, 9.17) is 19.0 Å². The smallest absolute Gasteiger partial charge is 0.372 e. The normalized spacial score (nSPS) is 10.2. The Kier molecular flexibility index (Phi) is 4.11. The molecule has 0 aliphatic rings. The minimum atomic E-state index is -1.11. The van der Waals surface area contributed by atoms with Crippen LogP contribution in [0.25, 0.3) is 0 Å². The van der Waals surface area contributed by atoms with Gasteiger partial charge in [0.2, 0.25) is 5.76 Å². The molecule has 0 fully saturated rings. The maximum absolute atomic E-state index is 10.9. The number of hydrogen-bond acceptors (Lipinski definition) is 4. The van der Waals surface area contributed by atoms with Crippen molar-refractivity contribution in [2.45, 2.75) is 6.61 Å². The molecule has 0 atom stereocenters. The van der Waals surface area contributed by atoms with E-state index < -0.39 is 5.97 Å². The van der Waals surface area contributed by atoms with E-state index in [1.54, 1.807) is 31.4 Å². The van der Waals surface area contributed by atoms with Crippen molar-refractivity contribution in [3.8, 4) is 11.5 Å². The monoisotopic (exact) mass is 326 g/mol. The van der Waals surface area contributed by atoms with Crippen molar-refractivity contribution in [2.24, 2.45) is 0 Å². The first-order valence-electron chi connectivity index (χ1n) is 5.38. The lowest BCUT2D eigenvalue weighted by Crippen LogP contribution is -2.02. The van der Waals surface area contributed by atoms with Crippen LogP contribution in [-0.2, 0) is 6.61 Å². The van der Waals surface area contributed by atoms with Gasteiger partial charge in [-0.25, -0.2) is 4.79 Å². The Morgan fingerprint density at radius 3 is 2.84 bits per heavy atom. The average molecular weight is 327 g/mol. The number of benzene rings is 1. The molecule has 0 saturated heterocycles. The van der Waals surface area contributed by atoms with E-state index in [1.165, 1.54) is 6.26 Å². The van der Waals surface area contributed by atoms with Crippen LogP contribution in [0.3, 0.4) is 0 Å². The molecular weight excluding hydrogens is 316 g/mol. The number of carboxylic acid groups (broad SMARTS) is 1. The molecule has 19 heavy (non-hydrogen) atoms. The zero-order valence-corrected chi connectivity index (χ0v) is 11.6. The second-order valence-electron chi connectivity index (χ2n) is 3.67. The fraction of sp³-hybridized carbons (Fsp3) is 0.154. The number of furan rings is 1. The molecule has 2 rings (SSSR count). The summed E-state index contributed by atoms with van der Waals surface area (Å²) in [7, 11) is 1.58. The first kappa shape index (κ1) is 13.5. The predicted molar refractivity (Wildman–Crippen MR) is 70.7 cm³/mol. The maximum Gasteiger partial charge on any atom is 0.372 e. The molecule has 6 heteroatoms. The van der Waals surface area contributed by atoms with Gasteiger partial charge in [-0.05, 0) is 40.2 Å². The molecule has 100 valence electrons. The quantitative estimate of drug-likeness (QED) is 0.912. The molecule has 0 aliphatic heterocycles. The fourth-order valence-electron chi connectivity index (χ4n) is 1.52. The summed E-state index contributed by atoms with van der Waals surface area (Å²) in [4.78, 5) is 10.9. The number of ether oxygens (including phenoxy) is 2. The summed E-state index contributed by atoms with van der Waals surface area (Å²) >= 11 is 3.35. The van der Waals surface area contributed by atoms with Crippen LogP contribution in [0.2, 0.25) is 0 Å². The largest absolute Gasteiger partial charge is 0.497 e. The summed E-state index contributed by atoms with van der Waals surface area (Å²) in [5, 5.41) is 8.90. The Morgan fingerprint density at radius 1 is 1.42 bits per heavy atom. The summed E-state index contributed by atoms with van der Waals surface area (Å²) in [6.07, 6.45) is 1.32. The van der Waals surface area contributed by atoms with Crippen LogP contribution >= 0.6 is 15.9 Å². The highest BCUT2D eigenvalue weighted by Crippen LogP contribution is 2.30. The summed E-state index contributed by atoms with van der Waals surface area (Å²) < 4.78 is 16.2. The zero-order chi connectivity index (χ0) is 13.8. The average Bonchev–Trinajstić information content (AvgIpc) is 2.85. The van der Waals surface area contributed by atoms with Gasteiger partial charge in [0.05, 0.1) is 17.8 Å². The summed E-state index contributed by atoms with van der Waals surface area (Å²) in [5.41, 5.74) is 0.482. The van der Waals surface area contributed by atoms with E-state index >= 15 is 0 Å². The molecule has 0 radical (unpaired) electrons. The van der Waals surface area contributed by atoms with E-state index in [9.17, 15) is 4.79 Å². The van der Waals surface area contributed by atoms with Crippen LogP contribution in [0, 0.1) is 0 Å². The van der Waals surface area contributed by atoms with Crippen molar-refractivity contribution < 1.29 is 23.8 Å². The van der Waals surface area contributed by atoms with Gasteiger partial charge in [-0.3, -0.25) is 0 Å². The lowest BCUT2D eigenvalue weighted by atomic mass is 10.2. The van der Waals surface area contributed by atoms with Crippen molar-refractivity contribution in [3.05, 3.63) is 46.3 Å². The van der Waals surface area contributed by atoms with Crippen LogP contribution in [0.4, 0.5) is 0 Å². The molecule has 1 aromatic carbocycles. The molecule has 1 N–H and O–H groups in total. The number of rotatable bonds is 5. The van der Waals surface area contributed by atoms with Crippen LogP contribution in [-0.4, -0.2) is 18.2 Å². The minimum absolute atomic E-state index is 0.107.